The first-order chi connectivity index (χ1) is 8.08. The maximum absolute atomic E-state index is 13.3. The van der Waals surface area contributed by atoms with Crippen LogP contribution in [0.5, 0.6) is 0 Å². The van der Waals surface area contributed by atoms with Crippen molar-refractivity contribution in [2.45, 2.75) is 6.42 Å². The van der Waals surface area contributed by atoms with Crippen LogP contribution in [-0.2, 0) is 13.5 Å². The Kier molecular flexibility index (Phi) is 3.38. The van der Waals surface area contributed by atoms with Crippen LogP contribution in [0.25, 0.3) is 0 Å². The van der Waals surface area contributed by atoms with Crippen molar-refractivity contribution in [1.82, 2.24) is 9.55 Å². The van der Waals surface area contributed by atoms with Gasteiger partial charge in [0.1, 0.15) is 11.6 Å². The first-order valence-electron chi connectivity index (χ1n) is 5.02. The molecule has 1 aromatic carbocycles. The van der Waals surface area contributed by atoms with Crippen LogP contribution in [0.15, 0.2) is 35.1 Å². The van der Waals surface area contributed by atoms with Crippen LogP contribution in [-0.4, -0.2) is 15.3 Å². The number of imidazole rings is 1. The van der Waals surface area contributed by atoms with E-state index >= 15 is 0 Å². The van der Waals surface area contributed by atoms with Crippen molar-refractivity contribution in [3.8, 4) is 0 Å². The van der Waals surface area contributed by atoms with E-state index in [9.17, 15) is 9.18 Å². The van der Waals surface area contributed by atoms with Crippen LogP contribution in [0.2, 0.25) is 0 Å². The molecule has 17 heavy (non-hydrogen) atoms. The van der Waals surface area contributed by atoms with Gasteiger partial charge in [0.25, 0.3) is 0 Å². The van der Waals surface area contributed by atoms with Crippen molar-refractivity contribution < 1.29 is 9.18 Å². The number of nitrogens with zero attached hydrogens (tertiary/aromatic N) is 2. The number of carbonyl (C=O) groups is 1. The fourth-order valence-electron chi connectivity index (χ4n) is 1.48. The monoisotopic (exact) mass is 296 g/mol. The highest BCUT2D eigenvalue weighted by atomic mass is 79.9. The van der Waals surface area contributed by atoms with Crippen LogP contribution in [0, 0.1) is 5.82 Å². The van der Waals surface area contributed by atoms with E-state index in [4.69, 9.17) is 0 Å². The number of rotatable bonds is 3. The Balaban J connectivity index is 2.20. The van der Waals surface area contributed by atoms with Crippen molar-refractivity contribution in [1.29, 1.82) is 0 Å². The molecular weight excluding hydrogens is 287 g/mol. The molecule has 0 fully saturated rings. The van der Waals surface area contributed by atoms with Gasteiger partial charge in [0.15, 0.2) is 5.78 Å². The molecule has 5 heteroatoms. The predicted octanol–water partition coefficient (Wildman–Crippen LogP) is 2.75. The van der Waals surface area contributed by atoms with Crippen molar-refractivity contribution in [2.75, 3.05) is 0 Å². The standard InChI is InChI=1S/C12H10BrFN2O/c1-16-5-4-15-12(16)7-11(17)8-2-3-9(13)10(14)6-8/h2-6H,7H2,1H3. The molecule has 0 aliphatic carbocycles. The Bertz CT molecular complexity index is 565. The summed E-state index contributed by atoms with van der Waals surface area (Å²) in [5.74, 6) is 0.0831. The number of aromatic nitrogens is 2. The van der Waals surface area contributed by atoms with Crippen LogP contribution >= 0.6 is 15.9 Å². The summed E-state index contributed by atoms with van der Waals surface area (Å²) in [5, 5.41) is 0. The third-order valence-corrected chi connectivity index (χ3v) is 3.12. The van der Waals surface area contributed by atoms with E-state index in [1.54, 1.807) is 23.0 Å². The molecule has 0 radical (unpaired) electrons. The highest BCUT2D eigenvalue weighted by Crippen LogP contribution is 2.17. The van der Waals surface area contributed by atoms with Gasteiger partial charge in [-0.05, 0) is 28.1 Å². The largest absolute Gasteiger partial charge is 0.338 e. The number of hydrogen-bond donors (Lipinski definition) is 0. The lowest BCUT2D eigenvalue weighted by atomic mass is 10.1. The lowest BCUT2D eigenvalue weighted by molar-refractivity contribution is 0.0989. The second-order valence-corrected chi connectivity index (χ2v) is 4.54. The second kappa shape index (κ2) is 4.79. The summed E-state index contributed by atoms with van der Waals surface area (Å²) < 4.78 is 15.4. The summed E-state index contributed by atoms with van der Waals surface area (Å²) in [6.07, 6.45) is 3.57. The molecule has 0 N–H and O–H groups in total. The minimum atomic E-state index is -0.435. The minimum Gasteiger partial charge on any atom is -0.338 e. The molecular formula is C12H10BrFN2O. The molecule has 3 nitrogen and oxygen atoms in total. The Morgan fingerprint density at radius 3 is 2.88 bits per heavy atom. The second-order valence-electron chi connectivity index (χ2n) is 3.68. The zero-order valence-electron chi connectivity index (χ0n) is 9.15. The Hall–Kier alpha value is -1.49. The van der Waals surface area contributed by atoms with Gasteiger partial charge in [-0.1, -0.05) is 6.07 Å². The highest BCUT2D eigenvalue weighted by Gasteiger charge is 2.11. The Morgan fingerprint density at radius 1 is 1.53 bits per heavy atom. The molecule has 0 aliphatic rings. The van der Waals surface area contributed by atoms with Crippen LogP contribution in [0.4, 0.5) is 4.39 Å². The van der Waals surface area contributed by atoms with Gasteiger partial charge in [0, 0.05) is 25.0 Å². The number of halogens is 2. The summed E-state index contributed by atoms with van der Waals surface area (Å²) in [4.78, 5) is 16.0. The molecule has 0 saturated carbocycles. The van der Waals surface area contributed by atoms with Gasteiger partial charge >= 0.3 is 0 Å². The summed E-state index contributed by atoms with van der Waals surface area (Å²) in [6.45, 7) is 0. The molecule has 2 aromatic rings. The van der Waals surface area contributed by atoms with Crippen molar-refractivity contribution in [3.63, 3.8) is 0 Å². The van der Waals surface area contributed by atoms with E-state index in [-0.39, 0.29) is 12.2 Å². The van der Waals surface area contributed by atoms with E-state index in [0.29, 0.717) is 15.9 Å². The van der Waals surface area contributed by atoms with Gasteiger partial charge in [0.05, 0.1) is 10.9 Å². The number of benzene rings is 1. The number of ketones is 1. The zero-order valence-corrected chi connectivity index (χ0v) is 10.7. The summed E-state index contributed by atoms with van der Waals surface area (Å²) in [6, 6.07) is 4.36. The molecule has 0 aliphatic heterocycles. The number of aryl methyl sites for hydroxylation is 1. The fourth-order valence-corrected chi connectivity index (χ4v) is 1.73. The predicted molar refractivity (Wildman–Crippen MR) is 65.3 cm³/mol. The number of Topliss-reactive ketones (excluding diaryl/α,β-unsaturated/α-hetero) is 1. The maximum Gasteiger partial charge on any atom is 0.170 e. The number of hydrogen-bond acceptors (Lipinski definition) is 2. The average molecular weight is 297 g/mol. The van der Waals surface area contributed by atoms with Gasteiger partial charge in [0.2, 0.25) is 0 Å². The third kappa shape index (κ3) is 2.61. The smallest absolute Gasteiger partial charge is 0.170 e. The third-order valence-electron chi connectivity index (χ3n) is 2.48. The van der Waals surface area contributed by atoms with Crippen LogP contribution in [0.3, 0.4) is 0 Å². The first kappa shape index (κ1) is 12.0. The van der Waals surface area contributed by atoms with Crippen molar-refractivity contribution in [2.24, 2.45) is 7.05 Å². The Labute approximate surface area is 106 Å². The summed E-state index contributed by atoms with van der Waals surface area (Å²) >= 11 is 3.05. The van der Waals surface area contributed by atoms with Gasteiger partial charge < -0.3 is 4.57 Å². The molecule has 1 aromatic heterocycles. The zero-order chi connectivity index (χ0) is 12.4. The van der Waals surface area contributed by atoms with E-state index in [1.165, 1.54) is 12.1 Å². The molecule has 0 unspecified atom stereocenters. The molecule has 0 saturated heterocycles. The highest BCUT2D eigenvalue weighted by molar-refractivity contribution is 9.10. The molecule has 0 bridgehead atoms. The SMILES string of the molecule is Cn1ccnc1CC(=O)c1ccc(Br)c(F)c1. The normalized spacial score (nSPS) is 10.5. The van der Waals surface area contributed by atoms with Gasteiger partial charge in [-0.25, -0.2) is 9.37 Å². The van der Waals surface area contributed by atoms with E-state index < -0.39 is 5.82 Å². The average Bonchev–Trinajstić information content (AvgIpc) is 2.68. The number of carbonyl (C=O) groups excluding carboxylic acids is 1. The van der Waals surface area contributed by atoms with E-state index in [2.05, 4.69) is 20.9 Å². The first-order valence-corrected chi connectivity index (χ1v) is 5.81. The minimum absolute atomic E-state index is 0.147. The Morgan fingerprint density at radius 2 is 2.29 bits per heavy atom. The van der Waals surface area contributed by atoms with E-state index in [0.717, 1.165) is 0 Å². The molecule has 0 spiro atoms. The van der Waals surface area contributed by atoms with Crippen molar-refractivity contribution in [3.05, 3.63) is 52.3 Å². The van der Waals surface area contributed by atoms with Gasteiger partial charge in [-0.3, -0.25) is 4.79 Å². The molecule has 88 valence electrons. The van der Waals surface area contributed by atoms with Crippen molar-refractivity contribution >= 4 is 21.7 Å². The van der Waals surface area contributed by atoms with Crippen LogP contribution in [0.1, 0.15) is 16.2 Å². The summed E-state index contributed by atoms with van der Waals surface area (Å²) in [7, 11) is 1.82. The lowest BCUT2D eigenvalue weighted by Crippen LogP contribution is -2.08. The topological polar surface area (TPSA) is 34.9 Å². The maximum atomic E-state index is 13.3. The van der Waals surface area contributed by atoms with E-state index in [1.807, 2.05) is 7.05 Å². The molecule has 0 atom stereocenters. The van der Waals surface area contributed by atoms with Gasteiger partial charge in [-0.2, -0.15) is 0 Å². The van der Waals surface area contributed by atoms with Crippen LogP contribution < -0.4 is 0 Å². The summed E-state index contributed by atoms with van der Waals surface area (Å²) in [5.41, 5.74) is 0.355. The fraction of sp³-hybridized carbons (Fsp3) is 0.167. The lowest BCUT2D eigenvalue weighted by Gasteiger charge is -2.03. The molecule has 1 heterocycles. The van der Waals surface area contributed by atoms with Gasteiger partial charge in [-0.15, -0.1) is 0 Å². The quantitative estimate of drug-likeness (QED) is 0.817. The molecule has 0 amide bonds. The molecule has 2 rings (SSSR count).